The van der Waals surface area contributed by atoms with Crippen LogP contribution < -0.4 is 10.6 Å². The van der Waals surface area contributed by atoms with E-state index in [9.17, 15) is 9.90 Å². The minimum atomic E-state index is -0.469. The Hall–Kier alpha value is -1.55. The largest absolute Gasteiger partial charge is 0.391 e. The molecule has 0 aliphatic carbocycles. The molecule has 1 aliphatic rings. The second kappa shape index (κ2) is 7.46. The molecule has 0 radical (unpaired) electrons. The van der Waals surface area contributed by atoms with E-state index in [-0.39, 0.29) is 11.8 Å². The van der Waals surface area contributed by atoms with Crippen molar-refractivity contribution < 1.29 is 9.90 Å². The summed E-state index contributed by atoms with van der Waals surface area (Å²) < 4.78 is 0. The van der Waals surface area contributed by atoms with Crippen LogP contribution >= 0.6 is 0 Å². The molecule has 0 bridgehead atoms. The fourth-order valence-electron chi connectivity index (χ4n) is 2.91. The number of aliphatic hydroxyl groups is 1. The molecule has 1 aromatic rings. The highest BCUT2D eigenvalue weighted by molar-refractivity contribution is 5.95. The maximum Gasteiger partial charge on any atom is 0.251 e. The van der Waals surface area contributed by atoms with E-state index in [0.29, 0.717) is 12.1 Å². The van der Waals surface area contributed by atoms with Crippen molar-refractivity contribution in [2.45, 2.75) is 45.6 Å². The normalized spacial score (nSPS) is 15.2. The van der Waals surface area contributed by atoms with E-state index >= 15 is 0 Å². The molecule has 21 heavy (non-hydrogen) atoms. The molecular weight excluding hydrogens is 264 g/mol. The van der Waals surface area contributed by atoms with E-state index in [2.05, 4.69) is 24.5 Å². The predicted octanol–water partition coefficient (Wildman–Crippen LogP) is 2.57. The zero-order chi connectivity index (χ0) is 15.2. The molecule has 1 atom stereocenters. The molecule has 1 aromatic carbocycles. The van der Waals surface area contributed by atoms with Crippen molar-refractivity contribution in [2.24, 2.45) is 5.92 Å². The average Bonchev–Trinajstić information content (AvgIpc) is 2.53. The van der Waals surface area contributed by atoms with Crippen LogP contribution in [0.2, 0.25) is 0 Å². The van der Waals surface area contributed by atoms with Gasteiger partial charge in [0, 0.05) is 24.3 Å². The lowest BCUT2D eigenvalue weighted by Gasteiger charge is -2.21. The Morgan fingerprint density at radius 2 is 2.14 bits per heavy atom. The number of anilines is 1. The summed E-state index contributed by atoms with van der Waals surface area (Å²) in [6.45, 7) is 5.45. The third kappa shape index (κ3) is 3.97. The van der Waals surface area contributed by atoms with E-state index in [1.165, 1.54) is 5.56 Å². The first-order chi connectivity index (χ1) is 10.2. The van der Waals surface area contributed by atoms with E-state index in [1.54, 1.807) is 0 Å². The van der Waals surface area contributed by atoms with Gasteiger partial charge < -0.3 is 15.7 Å². The molecule has 0 fully saturated rings. The summed E-state index contributed by atoms with van der Waals surface area (Å²) in [6, 6.07) is 5.77. The van der Waals surface area contributed by atoms with Crippen molar-refractivity contribution in [2.75, 3.05) is 18.4 Å². The van der Waals surface area contributed by atoms with Crippen LogP contribution in [0.3, 0.4) is 0 Å². The van der Waals surface area contributed by atoms with Crippen molar-refractivity contribution in [3.63, 3.8) is 0 Å². The summed E-state index contributed by atoms with van der Waals surface area (Å²) in [7, 11) is 0. The highest BCUT2D eigenvalue weighted by Gasteiger charge is 2.17. The topological polar surface area (TPSA) is 61.4 Å². The lowest BCUT2D eigenvalue weighted by Crippen LogP contribution is -2.36. The Labute approximate surface area is 126 Å². The summed E-state index contributed by atoms with van der Waals surface area (Å²) in [5.41, 5.74) is 3.01. The highest BCUT2D eigenvalue weighted by Crippen LogP contribution is 2.22. The van der Waals surface area contributed by atoms with E-state index in [1.807, 2.05) is 18.2 Å². The average molecular weight is 290 g/mol. The number of fused-ring (bicyclic) bond motifs is 1. The van der Waals surface area contributed by atoms with Crippen LogP contribution in [0.25, 0.3) is 0 Å². The Morgan fingerprint density at radius 1 is 1.38 bits per heavy atom. The first kappa shape index (κ1) is 15.8. The minimum absolute atomic E-state index is 0.103. The molecule has 1 amide bonds. The molecular formula is C17H26N2O2. The summed E-state index contributed by atoms with van der Waals surface area (Å²) in [4.78, 5) is 12.2. The monoisotopic (exact) mass is 290 g/mol. The van der Waals surface area contributed by atoms with Crippen molar-refractivity contribution in [3.05, 3.63) is 29.3 Å². The van der Waals surface area contributed by atoms with Crippen molar-refractivity contribution >= 4 is 11.6 Å². The second-order valence-electron chi connectivity index (χ2n) is 5.76. The lowest BCUT2D eigenvalue weighted by atomic mass is 9.96. The van der Waals surface area contributed by atoms with Gasteiger partial charge in [-0.2, -0.15) is 0 Å². The predicted molar refractivity (Wildman–Crippen MR) is 85.7 cm³/mol. The van der Waals surface area contributed by atoms with E-state index in [4.69, 9.17) is 0 Å². The molecule has 2 rings (SSSR count). The number of amides is 1. The number of rotatable bonds is 6. The third-order valence-electron chi connectivity index (χ3n) is 4.37. The standard InChI is InChI=1S/C17H26N2O2/c1-3-12(4-2)16(20)11-19-17(21)14-7-8-15-13(10-14)6-5-9-18-15/h7-8,10,12,16,18,20H,3-6,9,11H2,1-2H3,(H,19,21). The van der Waals surface area contributed by atoms with Crippen molar-refractivity contribution in [1.29, 1.82) is 0 Å². The van der Waals surface area contributed by atoms with E-state index < -0.39 is 6.10 Å². The Morgan fingerprint density at radius 3 is 2.86 bits per heavy atom. The number of aryl methyl sites for hydroxylation is 1. The van der Waals surface area contributed by atoms with Crippen LogP contribution in [0, 0.1) is 5.92 Å². The second-order valence-corrected chi connectivity index (χ2v) is 5.76. The molecule has 1 unspecified atom stereocenters. The van der Waals surface area contributed by atoms with Gasteiger partial charge in [-0.3, -0.25) is 4.79 Å². The first-order valence-electron chi connectivity index (χ1n) is 7.98. The number of carbonyl (C=O) groups excluding carboxylic acids is 1. The first-order valence-corrected chi connectivity index (χ1v) is 7.98. The van der Waals surface area contributed by atoms with Crippen LogP contribution in [0.1, 0.15) is 49.0 Å². The lowest BCUT2D eigenvalue weighted by molar-refractivity contribution is 0.0816. The number of hydrogen-bond donors (Lipinski definition) is 3. The van der Waals surface area contributed by atoms with E-state index in [0.717, 1.165) is 37.9 Å². The zero-order valence-corrected chi connectivity index (χ0v) is 13.0. The number of carbonyl (C=O) groups is 1. The van der Waals surface area contributed by atoms with Gasteiger partial charge >= 0.3 is 0 Å². The van der Waals surface area contributed by atoms with Crippen molar-refractivity contribution in [1.82, 2.24) is 5.32 Å². The summed E-state index contributed by atoms with van der Waals surface area (Å²) in [6.07, 6.45) is 3.50. The van der Waals surface area contributed by atoms with Gasteiger partial charge in [0.15, 0.2) is 0 Å². The van der Waals surface area contributed by atoms with Gasteiger partial charge in [0.1, 0.15) is 0 Å². The van der Waals surface area contributed by atoms with Crippen LogP contribution in [0.4, 0.5) is 5.69 Å². The quantitative estimate of drug-likeness (QED) is 0.754. The molecule has 1 heterocycles. The van der Waals surface area contributed by atoms with Crippen LogP contribution in [0.5, 0.6) is 0 Å². The molecule has 4 heteroatoms. The molecule has 0 saturated carbocycles. The molecule has 1 aliphatic heterocycles. The van der Waals surface area contributed by atoms with Gasteiger partial charge in [-0.15, -0.1) is 0 Å². The minimum Gasteiger partial charge on any atom is -0.391 e. The summed E-state index contributed by atoms with van der Waals surface area (Å²) >= 11 is 0. The molecule has 4 nitrogen and oxygen atoms in total. The van der Waals surface area contributed by atoms with Crippen LogP contribution in [0.15, 0.2) is 18.2 Å². The molecule has 0 aromatic heterocycles. The van der Waals surface area contributed by atoms with Crippen LogP contribution in [-0.2, 0) is 6.42 Å². The van der Waals surface area contributed by atoms with Gasteiger partial charge in [-0.25, -0.2) is 0 Å². The van der Waals surface area contributed by atoms with Gasteiger partial charge in [0.2, 0.25) is 0 Å². The Bertz CT molecular complexity index is 484. The third-order valence-corrected chi connectivity index (χ3v) is 4.37. The SMILES string of the molecule is CCC(CC)C(O)CNC(=O)c1ccc2c(c1)CCCN2. The highest BCUT2D eigenvalue weighted by atomic mass is 16.3. The maximum absolute atomic E-state index is 12.2. The van der Waals surface area contributed by atoms with Gasteiger partial charge in [0.05, 0.1) is 6.10 Å². The Kier molecular flexibility index (Phi) is 5.62. The Balaban J connectivity index is 1.94. The van der Waals surface area contributed by atoms with Crippen LogP contribution in [-0.4, -0.2) is 30.2 Å². The number of nitrogens with one attached hydrogen (secondary N) is 2. The summed E-state index contributed by atoms with van der Waals surface area (Å²) in [5.74, 6) is 0.145. The van der Waals surface area contributed by atoms with Gasteiger partial charge in [-0.05, 0) is 42.5 Å². The smallest absolute Gasteiger partial charge is 0.251 e. The molecule has 3 N–H and O–H groups in total. The number of aliphatic hydroxyl groups excluding tert-OH is 1. The summed E-state index contributed by atoms with van der Waals surface area (Å²) in [5, 5.41) is 16.3. The maximum atomic E-state index is 12.2. The van der Waals surface area contributed by atoms with Gasteiger partial charge in [0.25, 0.3) is 5.91 Å². The molecule has 0 spiro atoms. The number of benzene rings is 1. The molecule has 0 saturated heterocycles. The fourth-order valence-corrected chi connectivity index (χ4v) is 2.91. The van der Waals surface area contributed by atoms with Crippen molar-refractivity contribution in [3.8, 4) is 0 Å². The fraction of sp³-hybridized carbons (Fsp3) is 0.588. The zero-order valence-electron chi connectivity index (χ0n) is 13.0. The molecule has 116 valence electrons. The number of hydrogen-bond acceptors (Lipinski definition) is 3. The van der Waals surface area contributed by atoms with Gasteiger partial charge in [-0.1, -0.05) is 26.7 Å².